The number of hydrogen-bond donors (Lipinski definition) is 2. The van der Waals surface area contributed by atoms with Crippen LogP contribution in [0, 0.1) is 40.4 Å². The Balaban J connectivity index is 1.33. The zero-order valence-electron chi connectivity index (χ0n) is 34.7. The minimum absolute atomic E-state index is 0.00875. The highest BCUT2D eigenvalue weighted by Gasteiger charge is 2.58. The molecule has 0 aromatic rings. The average molecular weight is 835 g/mol. The van der Waals surface area contributed by atoms with E-state index in [1.165, 1.54) is 19.3 Å². The van der Waals surface area contributed by atoms with Gasteiger partial charge >= 0.3 is 32.2 Å². The van der Waals surface area contributed by atoms with Gasteiger partial charge in [-0.2, -0.15) is 16.8 Å². The van der Waals surface area contributed by atoms with Gasteiger partial charge in [-0.3, -0.25) is 9.11 Å². The van der Waals surface area contributed by atoms with Gasteiger partial charge in [0.1, 0.15) is 0 Å². The number of ether oxygens (including phenoxy) is 5. The molecule has 2 N–H and O–H groups in total. The summed E-state index contributed by atoms with van der Waals surface area (Å²) in [4.78, 5) is 22.5. The van der Waals surface area contributed by atoms with Crippen LogP contribution in [0.15, 0.2) is 0 Å². The van der Waals surface area contributed by atoms with Crippen LogP contribution in [0.4, 0.5) is 0 Å². The highest BCUT2D eigenvalue weighted by Crippen LogP contribution is 2.61. The van der Waals surface area contributed by atoms with Gasteiger partial charge in [0, 0.05) is 26.1 Å². The fraction of sp³-hybridized carbons (Fsp3) is 0.951. The third kappa shape index (κ3) is 10.9. The van der Waals surface area contributed by atoms with Crippen LogP contribution < -0.4 is 0 Å². The molecule has 56 heavy (non-hydrogen) atoms. The molecule has 1 aliphatic heterocycles. The standard InChI is InChI=1S/C41H70O13S2/c1-28(2)11-14-40(55(44,45)46,36(42)51-20-17-39-24-30-21-31(25-39)23-32(22-30)26-39)54-35-10-8-7-9-33(35)27-38(5,6)15-16-41(56(47,48)49,37(43)52-29(3)4)53-34-12-18-50-19-13-34/h28-35H,7-27H2,1-6H3,(H,44,45,46)(H,47,48,49). The molecule has 13 nitrogen and oxygen atoms in total. The highest BCUT2D eigenvalue weighted by atomic mass is 32.2. The van der Waals surface area contributed by atoms with Gasteiger partial charge in [0.2, 0.25) is 0 Å². The number of rotatable bonds is 20. The molecule has 0 amide bonds. The maximum Gasteiger partial charge on any atom is 0.357 e. The fourth-order valence-corrected chi connectivity index (χ4v) is 12.8. The predicted octanol–water partition coefficient (Wildman–Crippen LogP) is 7.66. The molecule has 6 fully saturated rings. The van der Waals surface area contributed by atoms with Gasteiger partial charge in [0.25, 0.3) is 9.87 Å². The molecule has 4 atom stereocenters. The molecule has 6 aliphatic rings. The van der Waals surface area contributed by atoms with Crippen LogP contribution in [0.5, 0.6) is 0 Å². The summed E-state index contributed by atoms with van der Waals surface area (Å²) in [6, 6.07) is 0. The van der Waals surface area contributed by atoms with Crippen LogP contribution in [-0.2, 0) is 53.5 Å². The van der Waals surface area contributed by atoms with E-state index in [1.54, 1.807) is 13.8 Å². The van der Waals surface area contributed by atoms with Crippen molar-refractivity contribution < 1.29 is 59.2 Å². The van der Waals surface area contributed by atoms with E-state index in [0.717, 1.165) is 32.1 Å². The second-order valence-corrected chi connectivity index (χ2v) is 22.9. The lowest BCUT2D eigenvalue weighted by Gasteiger charge is -2.57. The predicted molar refractivity (Wildman–Crippen MR) is 209 cm³/mol. The first-order valence-electron chi connectivity index (χ1n) is 21.3. The van der Waals surface area contributed by atoms with Crippen molar-refractivity contribution in [2.24, 2.45) is 40.4 Å². The lowest BCUT2D eigenvalue weighted by atomic mass is 9.49. The van der Waals surface area contributed by atoms with Gasteiger partial charge in [-0.1, -0.05) is 40.5 Å². The Hall–Kier alpha value is -1.36. The van der Waals surface area contributed by atoms with Crippen LogP contribution in [0.1, 0.15) is 157 Å². The van der Waals surface area contributed by atoms with Crippen molar-refractivity contribution in [2.45, 2.75) is 185 Å². The topological polar surface area (TPSA) is 189 Å². The van der Waals surface area contributed by atoms with Gasteiger partial charge in [0.05, 0.1) is 24.9 Å². The fourth-order valence-electron chi connectivity index (χ4n) is 11.0. The Kier molecular flexibility index (Phi) is 14.8. The second-order valence-electron chi connectivity index (χ2n) is 19.6. The van der Waals surface area contributed by atoms with E-state index in [2.05, 4.69) is 0 Å². The maximum atomic E-state index is 14.2. The van der Waals surface area contributed by atoms with Crippen molar-refractivity contribution >= 4 is 32.2 Å². The summed E-state index contributed by atoms with van der Waals surface area (Å²) in [6.45, 7) is 11.5. The van der Waals surface area contributed by atoms with E-state index < -0.39 is 65.8 Å². The van der Waals surface area contributed by atoms with E-state index in [0.29, 0.717) is 75.9 Å². The van der Waals surface area contributed by atoms with Crippen LogP contribution in [0.3, 0.4) is 0 Å². The summed E-state index contributed by atoms with van der Waals surface area (Å²) in [5.74, 6) is -0.371. The molecule has 15 heteroatoms. The first kappa shape index (κ1) is 45.7. The Bertz CT molecular complexity index is 1530. The van der Waals surface area contributed by atoms with Crippen LogP contribution in [0.2, 0.25) is 0 Å². The van der Waals surface area contributed by atoms with E-state index >= 15 is 0 Å². The molecule has 4 unspecified atom stereocenters. The summed E-state index contributed by atoms with van der Waals surface area (Å²) in [5.41, 5.74) is -0.573. The van der Waals surface area contributed by atoms with Crippen molar-refractivity contribution in [1.82, 2.24) is 0 Å². The minimum Gasteiger partial charge on any atom is -0.463 e. The monoisotopic (exact) mass is 834 g/mol. The van der Waals surface area contributed by atoms with Gasteiger partial charge in [-0.25, -0.2) is 9.59 Å². The van der Waals surface area contributed by atoms with Crippen molar-refractivity contribution in [3.8, 4) is 0 Å². The Morgan fingerprint density at radius 1 is 0.768 bits per heavy atom. The van der Waals surface area contributed by atoms with Crippen LogP contribution in [0.25, 0.3) is 0 Å². The van der Waals surface area contributed by atoms with Crippen molar-refractivity contribution in [3.05, 3.63) is 0 Å². The first-order chi connectivity index (χ1) is 26.1. The molecule has 5 aliphatic carbocycles. The maximum absolute atomic E-state index is 14.2. The van der Waals surface area contributed by atoms with Crippen LogP contribution in [-0.4, -0.2) is 85.9 Å². The van der Waals surface area contributed by atoms with E-state index in [1.807, 2.05) is 27.7 Å². The van der Waals surface area contributed by atoms with E-state index in [4.69, 9.17) is 23.7 Å². The Morgan fingerprint density at radius 2 is 1.32 bits per heavy atom. The average Bonchev–Trinajstić information content (AvgIpc) is 3.07. The van der Waals surface area contributed by atoms with Crippen molar-refractivity contribution in [3.63, 3.8) is 0 Å². The quantitative estimate of drug-likeness (QED) is 0.0899. The number of carbonyl (C=O) groups excluding carboxylic acids is 2. The Labute approximate surface area is 335 Å². The molecule has 1 saturated heterocycles. The molecular weight excluding hydrogens is 765 g/mol. The summed E-state index contributed by atoms with van der Waals surface area (Å²) in [5, 5.41) is 0. The summed E-state index contributed by atoms with van der Waals surface area (Å²) >= 11 is 0. The molecule has 0 aromatic heterocycles. The molecular formula is C41H70O13S2. The molecule has 4 bridgehead atoms. The minimum atomic E-state index is -5.13. The SMILES string of the molecule is CC(C)CCC(OC1CCCCC1CC(C)(C)CCC(OC1CCOCC1)(C(=O)OC(C)C)S(=O)(=O)O)(C(=O)OCCC12CC3CC(CC(C3)C1)C2)S(=O)(=O)O. The smallest absolute Gasteiger partial charge is 0.357 e. The summed E-state index contributed by atoms with van der Waals surface area (Å²) in [6.07, 6.45) is 9.29. The van der Waals surface area contributed by atoms with Gasteiger partial charge < -0.3 is 23.7 Å². The van der Waals surface area contributed by atoms with E-state index in [9.17, 15) is 35.5 Å². The molecule has 5 saturated carbocycles. The van der Waals surface area contributed by atoms with Gasteiger partial charge in [-0.15, -0.1) is 0 Å². The molecule has 1 heterocycles. The second kappa shape index (κ2) is 18.1. The lowest BCUT2D eigenvalue weighted by molar-refractivity contribution is -0.177. The zero-order valence-corrected chi connectivity index (χ0v) is 36.3. The van der Waals surface area contributed by atoms with E-state index in [-0.39, 0.29) is 43.1 Å². The third-order valence-electron chi connectivity index (χ3n) is 13.5. The normalized spacial score (nSPS) is 30.9. The van der Waals surface area contributed by atoms with Gasteiger partial charge in [0.15, 0.2) is 0 Å². The first-order valence-corrected chi connectivity index (χ1v) is 24.2. The lowest BCUT2D eigenvalue weighted by Crippen LogP contribution is -2.54. The molecule has 0 aromatic carbocycles. The molecule has 0 spiro atoms. The molecule has 324 valence electrons. The van der Waals surface area contributed by atoms with Crippen LogP contribution >= 0.6 is 0 Å². The summed E-state index contributed by atoms with van der Waals surface area (Å²) in [7, 11) is -10.2. The third-order valence-corrected chi connectivity index (χ3v) is 16.1. The zero-order chi connectivity index (χ0) is 41.2. The van der Waals surface area contributed by atoms with Crippen molar-refractivity contribution in [1.29, 1.82) is 0 Å². The Morgan fingerprint density at radius 3 is 1.86 bits per heavy atom. The molecule has 0 radical (unpaired) electrons. The number of carbonyl (C=O) groups is 2. The largest absolute Gasteiger partial charge is 0.463 e. The number of hydrogen-bond acceptors (Lipinski definition) is 11. The van der Waals surface area contributed by atoms with Crippen molar-refractivity contribution in [2.75, 3.05) is 19.8 Å². The summed E-state index contributed by atoms with van der Waals surface area (Å²) < 4.78 is 104. The number of esters is 2. The highest BCUT2D eigenvalue weighted by molar-refractivity contribution is 7.88. The molecule has 6 rings (SSSR count). The van der Waals surface area contributed by atoms with Gasteiger partial charge in [-0.05, 0) is 144 Å².